The van der Waals surface area contributed by atoms with Crippen molar-refractivity contribution < 1.29 is 15.0 Å². The monoisotopic (exact) mass is 207 g/mol. The highest BCUT2D eigenvalue weighted by molar-refractivity contribution is 5.83. The summed E-state index contributed by atoms with van der Waals surface area (Å²) in [5.41, 5.74) is 5.52. The van der Waals surface area contributed by atoms with Gasteiger partial charge in [0, 0.05) is 6.04 Å². The van der Waals surface area contributed by atoms with Gasteiger partial charge in [-0.15, -0.1) is 0 Å². The van der Waals surface area contributed by atoms with E-state index in [9.17, 15) is 9.90 Å². The first-order valence-electron chi connectivity index (χ1n) is 4.83. The fourth-order valence-electron chi connectivity index (χ4n) is 2.15. The van der Waals surface area contributed by atoms with E-state index < -0.39 is 11.4 Å². The lowest BCUT2D eigenvalue weighted by Gasteiger charge is -2.42. The van der Waals surface area contributed by atoms with Gasteiger partial charge in [0.25, 0.3) is 0 Å². The van der Waals surface area contributed by atoms with E-state index in [1.54, 1.807) is 12.1 Å². The molecule has 0 saturated heterocycles. The highest BCUT2D eigenvalue weighted by atomic mass is 16.4. The van der Waals surface area contributed by atoms with Crippen LogP contribution >= 0.6 is 0 Å². The summed E-state index contributed by atoms with van der Waals surface area (Å²) < 4.78 is 0. The maximum absolute atomic E-state index is 11.2. The molecule has 0 aliphatic heterocycles. The molecule has 1 saturated carbocycles. The van der Waals surface area contributed by atoms with E-state index in [2.05, 4.69) is 0 Å². The zero-order chi connectivity index (χ0) is 11.1. The van der Waals surface area contributed by atoms with Gasteiger partial charge in [0.1, 0.15) is 5.75 Å². The molecule has 80 valence electrons. The van der Waals surface area contributed by atoms with Crippen LogP contribution in [0, 0.1) is 0 Å². The zero-order valence-corrected chi connectivity index (χ0v) is 8.18. The SMILES string of the molecule is NC1CC(C(=O)O)(c2ccc(O)cc2)C1. The minimum Gasteiger partial charge on any atom is -0.508 e. The average molecular weight is 207 g/mol. The Labute approximate surface area is 87.3 Å². The Morgan fingerprint density at radius 3 is 2.27 bits per heavy atom. The first-order valence-corrected chi connectivity index (χ1v) is 4.83. The van der Waals surface area contributed by atoms with E-state index in [1.165, 1.54) is 12.1 Å². The third-order valence-electron chi connectivity index (χ3n) is 3.05. The van der Waals surface area contributed by atoms with E-state index in [4.69, 9.17) is 10.8 Å². The number of rotatable bonds is 2. The molecule has 1 aliphatic rings. The molecule has 4 heteroatoms. The van der Waals surface area contributed by atoms with Crippen molar-refractivity contribution in [2.24, 2.45) is 5.73 Å². The van der Waals surface area contributed by atoms with Crippen LogP contribution < -0.4 is 5.73 Å². The van der Waals surface area contributed by atoms with E-state index in [-0.39, 0.29) is 11.8 Å². The molecule has 4 nitrogen and oxygen atoms in total. The van der Waals surface area contributed by atoms with Gasteiger partial charge in [-0.3, -0.25) is 4.79 Å². The van der Waals surface area contributed by atoms with Crippen molar-refractivity contribution >= 4 is 5.97 Å². The fraction of sp³-hybridized carbons (Fsp3) is 0.364. The summed E-state index contributed by atoms with van der Waals surface area (Å²) in [6.07, 6.45) is 0.931. The van der Waals surface area contributed by atoms with E-state index in [0.29, 0.717) is 12.8 Å². The van der Waals surface area contributed by atoms with Crippen molar-refractivity contribution in [2.45, 2.75) is 24.3 Å². The average Bonchev–Trinajstić information content (AvgIpc) is 2.13. The maximum Gasteiger partial charge on any atom is 0.314 e. The Kier molecular flexibility index (Phi) is 2.16. The van der Waals surface area contributed by atoms with Gasteiger partial charge >= 0.3 is 5.97 Å². The van der Waals surface area contributed by atoms with Crippen molar-refractivity contribution in [1.82, 2.24) is 0 Å². The molecule has 1 aromatic rings. The lowest BCUT2D eigenvalue weighted by atomic mass is 9.62. The van der Waals surface area contributed by atoms with Gasteiger partial charge in [-0.1, -0.05) is 12.1 Å². The van der Waals surface area contributed by atoms with Gasteiger partial charge in [-0.05, 0) is 30.5 Å². The molecule has 15 heavy (non-hydrogen) atoms. The number of phenolic OH excluding ortho intramolecular Hbond substituents is 1. The molecule has 0 amide bonds. The van der Waals surface area contributed by atoms with Gasteiger partial charge in [0.05, 0.1) is 5.41 Å². The predicted octanol–water partition coefficient (Wildman–Crippen LogP) is 0.836. The van der Waals surface area contributed by atoms with E-state index >= 15 is 0 Å². The normalized spacial score (nSPS) is 29.5. The molecule has 0 aromatic heterocycles. The summed E-state index contributed by atoms with van der Waals surface area (Å²) in [5, 5.41) is 18.3. The Hall–Kier alpha value is -1.55. The molecule has 0 heterocycles. The Morgan fingerprint density at radius 2 is 1.87 bits per heavy atom. The van der Waals surface area contributed by atoms with E-state index in [0.717, 1.165) is 5.56 Å². The third kappa shape index (κ3) is 1.47. The largest absolute Gasteiger partial charge is 0.508 e. The lowest BCUT2D eigenvalue weighted by Crippen LogP contribution is -2.54. The van der Waals surface area contributed by atoms with Gasteiger partial charge in [0.2, 0.25) is 0 Å². The van der Waals surface area contributed by atoms with Crippen molar-refractivity contribution in [3.8, 4) is 5.75 Å². The molecule has 0 bridgehead atoms. The number of aromatic hydroxyl groups is 1. The molecule has 0 radical (unpaired) electrons. The molecule has 4 N–H and O–H groups in total. The Bertz CT molecular complexity index is 379. The molecule has 1 aliphatic carbocycles. The maximum atomic E-state index is 11.2. The smallest absolute Gasteiger partial charge is 0.314 e. The highest BCUT2D eigenvalue weighted by Crippen LogP contribution is 2.43. The predicted molar refractivity (Wildman–Crippen MR) is 54.6 cm³/mol. The first kappa shape index (κ1) is 9.98. The molecular formula is C11H13NO3. The first-order chi connectivity index (χ1) is 7.04. The second-order valence-corrected chi connectivity index (χ2v) is 4.10. The fourth-order valence-corrected chi connectivity index (χ4v) is 2.15. The van der Waals surface area contributed by atoms with Crippen LogP contribution in [0.4, 0.5) is 0 Å². The molecule has 0 atom stereocenters. The van der Waals surface area contributed by atoms with Crippen LogP contribution in [0.5, 0.6) is 5.75 Å². The molecule has 2 rings (SSSR count). The third-order valence-corrected chi connectivity index (χ3v) is 3.05. The second-order valence-electron chi connectivity index (χ2n) is 4.10. The minimum atomic E-state index is -0.840. The number of carboxylic acid groups (broad SMARTS) is 1. The van der Waals surface area contributed by atoms with Crippen LogP contribution in [0.25, 0.3) is 0 Å². The number of nitrogens with two attached hydrogens (primary N) is 1. The van der Waals surface area contributed by atoms with Crippen molar-refractivity contribution in [2.75, 3.05) is 0 Å². The number of hydrogen-bond acceptors (Lipinski definition) is 3. The lowest BCUT2D eigenvalue weighted by molar-refractivity contribution is -0.148. The van der Waals surface area contributed by atoms with Crippen LogP contribution in [-0.4, -0.2) is 22.2 Å². The molecule has 1 aromatic carbocycles. The number of hydrogen-bond donors (Lipinski definition) is 3. The van der Waals surface area contributed by atoms with Gasteiger partial charge < -0.3 is 15.9 Å². The summed E-state index contributed by atoms with van der Waals surface area (Å²) in [6.45, 7) is 0. The van der Waals surface area contributed by atoms with Crippen molar-refractivity contribution in [3.05, 3.63) is 29.8 Å². The van der Waals surface area contributed by atoms with Crippen LogP contribution in [0.3, 0.4) is 0 Å². The summed E-state index contributed by atoms with van der Waals surface area (Å²) in [4.78, 5) is 11.2. The Balaban J connectivity index is 2.34. The molecule has 1 fully saturated rings. The van der Waals surface area contributed by atoms with Crippen molar-refractivity contribution in [3.63, 3.8) is 0 Å². The number of aliphatic carboxylic acids is 1. The van der Waals surface area contributed by atoms with E-state index in [1.807, 2.05) is 0 Å². The Morgan fingerprint density at radius 1 is 1.33 bits per heavy atom. The number of phenols is 1. The number of carbonyl (C=O) groups is 1. The summed E-state index contributed by atoms with van der Waals surface area (Å²) in [6, 6.07) is 6.27. The highest BCUT2D eigenvalue weighted by Gasteiger charge is 2.50. The van der Waals surface area contributed by atoms with Crippen LogP contribution in [0.2, 0.25) is 0 Å². The second kappa shape index (κ2) is 3.24. The van der Waals surface area contributed by atoms with Gasteiger partial charge in [-0.25, -0.2) is 0 Å². The zero-order valence-electron chi connectivity index (χ0n) is 8.18. The molecular weight excluding hydrogens is 194 g/mol. The summed E-state index contributed by atoms with van der Waals surface area (Å²) in [5.74, 6) is -0.696. The van der Waals surface area contributed by atoms with Crippen molar-refractivity contribution in [1.29, 1.82) is 0 Å². The quantitative estimate of drug-likeness (QED) is 0.670. The van der Waals surface area contributed by atoms with Crippen LogP contribution in [0.15, 0.2) is 24.3 Å². The van der Waals surface area contributed by atoms with Crippen LogP contribution in [-0.2, 0) is 10.2 Å². The number of carboxylic acids is 1. The minimum absolute atomic E-state index is 0.0325. The van der Waals surface area contributed by atoms with Crippen LogP contribution in [0.1, 0.15) is 18.4 Å². The molecule has 0 spiro atoms. The molecule has 0 unspecified atom stereocenters. The standard InChI is InChI=1S/C11H13NO3/c12-8-5-11(6-8,10(14)15)7-1-3-9(13)4-2-7/h1-4,8,13H,5-6,12H2,(H,14,15). The topological polar surface area (TPSA) is 83.6 Å². The van der Waals surface area contributed by atoms with Gasteiger partial charge in [-0.2, -0.15) is 0 Å². The summed E-state index contributed by atoms with van der Waals surface area (Å²) in [7, 11) is 0. The van der Waals surface area contributed by atoms with Gasteiger partial charge in [0.15, 0.2) is 0 Å². The summed E-state index contributed by atoms with van der Waals surface area (Å²) >= 11 is 0. The number of benzene rings is 1.